The second-order valence-electron chi connectivity index (χ2n) is 6.47. The predicted octanol–water partition coefficient (Wildman–Crippen LogP) is 4.37. The van der Waals surface area contributed by atoms with Crippen molar-refractivity contribution in [2.45, 2.75) is 31.0 Å². The van der Waals surface area contributed by atoms with Crippen LogP contribution in [0.5, 0.6) is 0 Å². The fourth-order valence-electron chi connectivity index (χ4n) is 2.77. The van der Waals surface area contributed by atoms with Crippen LogP contribution < -0.4 is 5.32 Å². The monoisotopic (exact) mass is 399 g/mol. The highest BCUT2D eigenvalue weighted by atomic mass is 35.5. The van der Waals surface area contributed by atoms with Crippen LogP contribution in [0, 0.1) is 6.92 Å². The predicted molar refractivity (Wildman–Crippen MR) is 107 cm³/mol. The van der Waals surface area contributed by atoms with E-state index in [1.807, 2.05) is 37.3 Å². The van der Waals surface area contributed by atoms with E-state index in [9.17, 15) is 4.79 Å². The minimum absolute atomic E-state index is 0.126. The van der Waals surface area contributed by atoms with Crippen LogP contribution in [0.3, 0.4) is 0 Å². The van der Waals surface area contributed by atoms with Gasteiger partial charge in [0, 0.05) is 24.0 Å². The summed E-state index contributed by atoms with van der Waals surface area (Å²) in [5, 5.41) is 12.8. The van der Waals surface area contributed by atoms with E-state index in [0.717, 1.165) is 34.9 Å². The molecule has 4 rings (SSSR count). The summed E-state index contributed by atoms with van der Waals surface area (Å²) in [7, 11) is 0. The molecule has 0 aliphatic heterocycles. The molecule has 27 heavy (non-hydrogen) atoms. The molecule has 0 unspecified atom stereocenters. The van der Waals surface area contributed by atoms with Crippen molar-refractivity contribution in [3.63, 3.8) is 0 Å². The summed E-state index contributed by atoms with van der Waals surface area (Å²) < 4.78 is 2.12. The van der Waals surface area contributed by atoms with Gasteiger partial charge in [-0.15, -0.1) is 10.2 Å². The number of aromatic nitrogens is 4. The van der Waals surface area contributed by atoms with Gasteiger partial charge in [0.15, 0.2) is 11.0 Å². The number of amides is 1. The zero-order valence-electron chi connectivity index (χ0n) is 14.7. The Hall–Kier alpha value is -2.38. The van der Waals surface area contributed by atoms with Gasteiger partial charge in [0.25, 0.3) is 0 Å². The average Bonchev–Trinajstić information content (AvgIpc) is 3.42. The summed E-state index contributed by atoms with van der Waals surface area (Å²) >= 11 is 7.56. The Labute approximate surface area is 166 Å². The minimum Gasteiger partial charge on any atom is -0.324 e. The molecule has 138 valence electrons. The van der Waals surface area contributed by atoms with E-state index in [-0.39, 0.29) is 11.7 Å². The van der Waals surface area contributed by atoms with Crippen LogP contribution in [0.1, 0.15) is 24.4 Å². The Morgan fingerprint density at radius 3 is 2.89 bits per heavy atom. The van der Waals surface area contributed by atoms with Crippen molar-refractivity contribution in [2.24, 2.45) is 0 Å². The Bertz CT molecular complexity index is 971. The molecule has 6 nitrogen and oxygen atoms in total. The van der Waals surface area contributed by atoms with Gasteiger partial charge in [-0.2, -0.15) is 0 Å². The van der Waals surface area contributed by atoms with Gasteiger partial charge in [-0.1, -0.05) is 29.4 Å². The highest BCUT2D eigenvalue weighted by Crippen LogP contribution is 2.40. The maximum absolute atomic E-state index is 12.3. The van der Waals surface area contributed by atoms with Crippen molar-refractivity contribution in [3.8, 4) is 11.4 Å². The molecule has 1 aliphatic rings. The number of pyridine rings is 1. The molecule has 2 aromatic heterocycles. The maximum atomic E-state index is 12.3. The second-order valence-corrected chi connectivity index (χ2v) is 7.82. The fourth-order valence-corrected chi connectivity index (χ4v) is 3.85. The molecule has 2 heterocycles. The molecular weight excluding hydrogens is 382 g/mol. The van der Waals surface area contributed by atoms with E-state index in [1.165, 1.54) is 11.8 Å². The molecule has 1 N–H and O–H groups in total. The maximum Gasteiger partial charge on any atom is 0.234 e. The second kappa shape index (κ2) is 7.70. The molecule has 0 radical (unpaired) electrons. The Kier molecular flexibility index (Phi) is 5.13. The van der Waals surface area contributed by atoms with Crippen LogP contribution in [0.2, 0.25) is 5.02 Å². The lowest BCUT2D eigenvalue weighted by Crippen LogP contribution is -2.15. The highest BCUT2D eigenvalue weighted by molar-refractivity contribution is 7.99. The molecule has 1 saturated carbocycles. The smallest absolute Gasteiger partial charge is 0.234 e. The molecule has 0 saturated heterocycles. The number of anilines is 1. The molecule has 0 spiro atoms. The number of nitrogens with one attached hydrogen (secondary N) is 1. The third kappa shape index (κ3) is 4.14. The first-order valence-electron chi connectivity index (χ1n) is 8.66. The minimum atomic E-state index is -0.126. The fraction of sp³-hybridized carbons (Fsp3) is 0.263. The Morgan fingerprint density at radius 2 is 2.19 bits per heavy atom. The number of hydrogen-bond acceptors (Lipinski definition) is 5. The van der Waals surface area contributed by atoms with Crippen molar-refractivity contribution >= 4 is 35.0 Å². The highest BCUT2D eigenvalue weighted by Gasteiger charge is 2.30. The number of thioether (sulfide) groups is 1. The van der Waals surface area contributed by atoms with Crippen LogP contribution in [0.15, 0.2) is 47.9 Å². The summed E-state index contributed by atoms with van der Waals surface area (Å²) in [5.74, 6) is 0.913. The number of carbonyl (C=O) groups is 1. The molecule has 1 aromatic carbocycles. The Balaban J connectivity index is 1.47. The van der Waals surface area contributed by atoms with E-state index >= 15 is 0 Å². The van der Waals surface area contributed by atoms with Gasteiger partial charge in [-0.25, -0.2) is 0 Å². The van der Waals surface area contributed by atoms with Crippen molar-refractivity contribution in [1.82, 2.24) is 19.7 Å². The van der Waals surface area contributed by atoms with E-state index in [4.69, 9.17) is 11.6 Å². The molecule has 0 atom stereocenters. The van der Waals surface area contributed by atoms with E-state index in [1.54, 1.807) is 12.4 Å². The van der Waals surface area contributed by atoms with Crippen LogP contribution >= 0.6 is 23.4 Å². The SMILES string of the molecule is Cc1ccc(NC(=O)CSc2nnc(-c3cccnc3)n2C2CC2)c(Cl)c1. The van der Waals surface area contributed by atoms with Crippen LogP contribution in [0.25, 0.3) is 11.4 Å². The lowest BCUT2D eigenvalue weighted by atomic mass is 10.2. The first kappa shape index (κ1) is 18.0. The largest absolute Gasteiger partial charge is 0.324 e. The molecule has 8 heteroatoms. The van der Waals surface area contributed by atoms with E-state index in [2.05, 4.69) is 25.1 Å². The molecular formula is C19H18ClN5OS. The van der Waals surface area contributed by atoms with Crippen LogP contribution in [-0.2, 0) is 4.79 Å². The van der Waals surface area contributed by atoms with Crippen molar-refractivity contribution in [2.75, 3.05) is 11.1 Å². The van der Waals surface area contributed by atoms with Crippen molar-refractivity contribution in [1.29, 1.82) is 0 Å². The van der Waals surface area contributed by atoms with Crippen LogP contribution in [-0.4, -0.2) is 31.4 Å². The molecule has 1 aliphatic carbocycles. The Morgan fingerprint density at radius 1 is 1.33 bits per heavy atom. The number of carbonyl (C=O) groups excluding carboxylic acids is 1. The van der Waals surface area contributed by atoms with Gasteiger partial charge in [0.1, 0.15) is 0 Å². The van der Waals surface area contributed by atoms with Gasteiger partial charge < -0.3 is 5.32 Å². The topological polar surface area (TPSA) is 72.7 Å². The number of rotatable bonds is 6. The lowest BCUT2D eigenvalue weighted by molar-refractivity contribution is -0.113. The van der Waals surface area contributed by atoms with Crippen molar-refractivity contribution < 1.29 is 4.79 Å². The molecule has 0 bridgehead atoms. The number of aryl methyl sites for hydroxylation is 1. The number of halogens is 1. The van der Waals surface area contributed by atoms with Gasteiger partial charge >= 0.3 is 0 Å². The molecule has 3 aromatic rings. The quantitative estimate of drug-likeness (QED) is 0.623. The first-order chi connectivity index (χ1) is 13.1. The standard InChI is InChI=1S/C19H18ClN5OS/c1-12-4-7-16(15(20)9-12)22-17(26)11-27-19-24-23-18(25(19)14-5-6-14)13-3-2-8-21-10-13/h2-4,7-10,14H,5-6,11H2,1H3,(H,22,26). The summed E-state index contributed by atoms with van der Waals surface area (Å²) in [5.41, 5.74) is 2.60. The summed E-state index contributed by atoms with van der Waals surface area (Å²) in [6.45, 7) is 1.96. The lowest BCUT2D eigenvalue weighted by Gasteiger charge is -2.09. The zero-order valence-corrected chi connectivity index (χ0v) is 16.3. The average molecular weight is 400 g/mol. The summed E-state index contributed by atoms with van der Waals surface area (Å²) in [6, 6.07) is 9.80. The molecule has 1 amide bonds. The van der Waals surface area contributed by atoms with Crippen LogP contribution in [0.4, 0.5) is 5.69 Å². The van der Waals surface area contributed by atoms with Crippen molar-refractivity contribution in [3.05, 3.63) is 53.3 Å². The first-order valence-corrected chi connectivity index (χ1v) is 10.0. The number of nitrogens with zero attached hydrogens (tertiary/aromatic N) is 4. The van der Waals surface area contributed by atoms with Gasteiger partial charge in [0.2, 0.25) is 5.91 Å². The zero-order chi connectivity index (χ0) is 18.8. The van der Waals surface area contributed by atoms with Gasteiger partial charge in [-0.05, 0) is 49.6 Å². The third-order valence-electron chi connectivity index (χ3n) is 4.23. The van der Waals surface area contributed by atoms with Gasteiger partial charge in [0.05, 0.1) is 16.5 Å². The van der Waals surface area contributed by atoms with E-state index in [0.29, 0.717) is 16.8 Å². The summed E-state index contributed by atoms with van der Waals surface area (Å²) in [6.07, 6.45) is 5.72. The van der Waals surface area contributed by atoms with E-state index < -0.39 is 0 Å². The normalized spacial score (nSPS) is 13.6. The summed E-state index contributed by atoms with van der Waals surface area (Å²) in [4.78, 5) is 16.5. The number of hydrogen-bond donors (Lipinski definition) is 1. The number of benzene rings is 1. The van der Waals surface area contributed by atoms with Gasteiger partial charge in [-0.3, -0.25) is 14.3 Å². The third-order valence-corrected chi connectivity index (χ3v) is 5.48. The molecule has 1 fully saturated rings.